The molecule has 0 radical (unpaired) electrons. The highest BCUT2D eigenvalue weighted by molar-refractivity contribution is 6.01. The second-order valence-corrected chi connectivity index (χ2v) is 5.86. The number of halogens is 2. The van der Waals surface area contributed by atoms with Crippen molar-refractivity contribution in [3.8, 4) is 5.69 Å². The summed E-state index contributed by atoms with van der Waals surface area (Å²) in [5, 5.41) is 3.92. The van der Waals surface area contributed by atoms with Crippen LogP contribution in [0.4, 0.5) is 8.78 Å². The summed E-state index contributed by atoms with van der Waals surface area (Å²) in [5.41, 5.74) is -0.288. The number of nitrogens with zero attached hydrogens (tertiary/aromatic N) is 2. The van der Waals surface area contributed by atoms with Crippen molar-refractivity contribution in [2.45, 2.75) is 13.0 Å². The summed E-state index contributed by atoms with van der Waals surface area (Å²) in [6.07, 6.45) is -1.15. The number of carbonyl (C=O) groups excluding carboxylic acids is 2. The van der Waals surface area contributed by atoms with Crippen molar-refractivity contribution < 1.29 is 23.1 Å². The first-order valence-corrected chi connectivity index (χ1v) is 8.22. The van der Waals surface area contributed by atoms with Crippen molar-refractivity contribution in [1.82, 2.24) is 9.78 Å². The zero-order chi connectivity index (χ0) is 20.3. The van der Waals surface area contributed by atoms with Gasteiger partial charge in [0, 0.05) is 11.6 Å². The van der Waals surface area contributed by atoms with Crippen LogP contribution in [0.25, 0.3) is 5.69 Å². The zero-order valence-electron chi connectivity index (χ0n) is 14.6. The van der Waals surface area contributed by atoms with E-state index in [0.29, 0.717) is 0 Å². The van der Waals surface area contributed by atoms with Gasteiger partial charge in [0.1, 0.15) is 11.6 Å². The maximum absolute atomic E-state index is 13.1. The number of rotatable bonds is 5. The van der Waals surface area contributed by atoms with Crippen molar-refractivity contribution >= 4 is 11.8 Å². The Morgan fingerprint density at radius 1 is 0.929 bits per heavy atom. The quantitative estimate of drug-likeness (QED) is 0.499. The van der Waals surface area contributed by atoms with Crippen molar-refractivity contribution in [3.63, 3.8) is 0 Å². The molecule has 0 saturated heterocycles. The van der Waals surface area contributed by atoms with Gasteiger partial charge in [0.15, 0.2) is 11.8 Å². The molecule has 2 aromatic carbocycles. The molecule has 142 valence electrons. The van der Waals surface area contributed by atoms with Crippen LogP contribution in [0, 0.1) is 11.6 Å². The Labute approximate surface area is 158 Å². The molecule has 0 aliphatic heterocycles. The highest BCUT2D eigenvalue weighted by atomic mass is 19.1. The summed E-state index contributed by atoms with van der Waals surface area (Å²) in [5.74, 6) is -2.41. The maximum atomic E-state index is 13.1. The number of Topliss-reactive ketones (excluding diaryl/α,β-unsaturated/α-hetero) is 1. The monoisotopic (exact) mass is 384 g/mol. The third-order valence-corrected chi connectivity index (χ3v) is 3.86. The summed E-state index contributed by atoms with van der Waals surface area (Å²) in [6.45, 7) is 1.37. The van der Waals surface area contributed by atoms with E-state index in [9.17, 15) is 23.2 Å². The van der Waals surface area contributed by atoms with E-state index in [1.54, 1.807) is 0 Å². The van der Waals surface area contributed by atoms with Crippen LogP contribution < -0.4 is 5.56 Å². The number of hydrogen-bond donors (Lipinski definition) is 0. The first kappa shape index (κ1) is 19.1. The maximum Gasteiger partial charge on any atom is 0.359 e. The van der Waals surface area contributed by atoms with Gasteiger partial charge in [0.05, 0.1) is 5.69 Å². The first-order chi connectivity index (χ1) is 13.3. The highest BCUT2D eigenvalue weighted by Crippen LogP contribution is 2.11. The third-order valence-electron chi connectivity index (χ3n) is 3.86. The van der Waals surface area contributed by atoms with Crippen LogP contribution in [0.3, 0.4) is 0 Å². The number of esters is 1. The molecule has 28 heavy (non-hydrogen) atoms. The molecule has 1 aromatic heterocycles. The van der Waals surface area contributed by atoms with Crippen LogP contribution in [0.2, 0.25) is 0 Å². The van der Waals surface area contributed by atoms with Crippen molar-refractivity contribution in [1.29, 1.82) is 0 Å². The van der Waals surface area contributed by atoms with Gasteiger partial charge in [-0.05, 0) is 61.5 Å². The standard InChI is InChI=1S/C20H14F2N2O4/c1-12(19(26)13-2-4-14(21)5-3-13)28-20(27)17-10-11-18(25)24(23-17)16-8-6-15(22)7-9-16/h2-12H,1H3/t12-/m0/s1. The minimum Gasteiger partial charge on any atom is -0.449 e. The first-order valence-electron chi connectivity index (χ1n) is 8.22. The average molecular weight is 384 g/mol. The molecular weight excluding hydrogens is 370 g/mol. The molecule has 1 heterocycles. The van der Waals surface area contributed by atoms with Crippen LogP contribution in [-0.4, -0.2) is 27.6 Å². The Bertz CT molecular complexity index is 1080. The van der Waals surface area contributed by atoms with Crippen LogP contribution in [0.5, 0.6) is 0 Å². The molecular formula is C20H14F2N2O4. The molecule has 0 bridgehead atoms. The fraction of sp³-hybridized carbons (Fsp3) is 0.100. The lowest BCUT2D eigenvalue weighted by Gasteiger charge is -2.12. The summed E-state index contributed by atoms with van der Waals surface area (Å²) in [7, 11) is 0. The number of aromatic nitrogens is 2. The van der Waals surface area contributed by atoms with Gasteiger partial charge in [0.25, 0.3) is 5.56 Å². The summed E-state index contributed by atoms with van der Waals surface area (Å²) >= 11 is 0. The van der Waals surface area contributed by atoms with E-state index in [1.165, 1.54) is 37.3 Å². The largest absolute Gasteiger partial charge is 0.449 e. The Balaban J connectivity index is 1.79. The summed E-state index contributed by atoms with van der Waals surface area (Å²) < 4.78 is 32.1. The molecule has 3 rings (SSSR count). The van der Waals surface area contributed by atoms with E-state index in [0.717, 1.165) is 35.0 Å². The SMILES string of the molecule is C[C@H](OC(=O)c1ccc(=O)n(-c2ccc(F)cc2)n1)C(=O)c1ccc(F)cc1. The van der Waals surface area contributed by atoms with E-state index in [1.807, 2.05) is 0 Å². The van der Waals surface area contributed by atoms with Gasteiger partial charge in [-0.1, -0.05) is 0 Å². The topological polar surface area (TPSA) is 78.3 Å². The van der Waals surface area contributed by atoms with Crippen molar-refractivity contribution in [2.75, 3.05) is 0 Å². The lowest BCUT2D eigenvalue weighted by Crippen LogP contribution is -2.27. The molecule has 0 fully saturated rings. The molecule has 0 saturated carbocycles. The van der Waals surface area contributed by atoms with E-state index < -0.39 is 35.1 Å². The van der Waals surface area contributed by atoms with Gasteiger partial charge in [0.2, 0.25) is 5.78 Å². The van der Waals surface area contributed by atoms with E-state index in [4.69, 9.17) is 4.74 Å². The van der Waals surface area contributed by atoms with E-state index in [2.05, 4.69) is 5.10 Å². The van der Waals surface area contributed by atoms with Crippen LogP contribution in [0.15, 0.2) is 65.5 Å². The molecule has 0 spiro atoms. The van der Waals surface area contributed by atoms with Crippen LogP contribution in [0.1, 0.15) is 27.8 Å². The number of benzene rings is 2. The summed E-state index contributed by atoms with van der Waals surface area (Å²) in [6, 6.07) is 12.1. The number of ether oxygens (including phenoxy) is 1. The van der Waals surface area contributed by atoms with Crippen molar-refractivity contribution in [2.24, 2.45) is 0 Å². The second-order valence-electron chi connectivity index (χ2n) is 5.86. The normalized spacial score (nSPS) is 11.7. The number of carbonyl (C=O) groups is 2. The van der Waals surface area contributed by atoms with Gasteiger partial charge in [-0.15, -0.1) is 0 Å². The average Bonchev–Trinajstić information content (AvgIpc) is 2.69. The molecule has 0 aliphatic carbocycles. The Kier molecular flexibility index (Phi) is 5.39. The van der Waals surface area contributed by atoms with Gasteiger partial charge in [-0.3, -0.25) is 9.59 Å². The predicted molar refractivity (Wildman–Crippen MR) is 95.4 cm³/mol. The zero-order valence-corrected chi connectivity index (χ0v) is 14.6. The molecule has 0 N–H and O–H groups in total. The summed E-state index contributed by atoms with van der Waals surface area (Å²) in [4.78, 5) is 36.6. The predicted octanol–water partition coefficient (Wildman–Crippen LogP) is 2.94. The molecule has 0 unspecified atom stereocenters. The minimum atomic E-state index is -1.15. The lowest BCUT2D eigenvalue weighted by molar-refractivity contribution is 0.0311. The van der Waals surface area contributed by atoms with Gasteiger partial charge >= 0.3 is 5.97 Å². The lowest BCUT2D eigenvalue weighted by atomic mass is 10.1. The van der Waals surface area contributed by atoms with Crippen LogP contribution in [-0.2, 0) is 4.74 Å². The fourth-order valence-electron chi connectivity index (χ4n) is 2.41. The Morgan fingerprint density at radius 3 is 2.11 bits per heavy atom. The van der Waals surface area contributed by atoms with Gasteiger partial charge < -0.3 is 4.74 Å². The Hall–Kier alpha value is -3.68. The molecule has 6 nitrogen and oxygen atoms in total. The molecule has 1 atom stereocenters. The third kappa shape index (κ3) is 4.17. The molecule has 8 heteroatoms. The molecule has 0 aliphatic rings. The molecule has 3 aromatic rings. The van der Waals surface area contributed by atoms with E-state index >= 15 is 0 Å². The second kappa shape index (κ2) is 7.91. The Morgan fingerprint density at radius 2 is 1.50 bits per heavy atom. The smallest absolute Gasteiger partial charge is 0.359 e. The van der Waals surface area contributed by atoms with Gasteiger partial charge in [-0.25, -0.2) is 13.6 Å². The molecule has 0 amide bonds. The van der Waals surface area contributed by atoms with Gasteiger partial charge in [-0.2, -0.15) is 9.78 Å². The minimum absolute atomic E-state index is 0.186. The fourth-order valence-corrected chi connectivity index (χ4v) is 2.41. The number of ketones is 1. The number of hydrogen-bond acceptors (Lipinski definition) is 5. The van der Waals surface area contributed by atoms with E-state index in [-0.39, 0.29) is 16.9 Å². The van der Waals surface area contributed by atoms with Crippen molar-refractivity contribution in [3.05, 3.63) is 93.9 Å². The van der Waals surface area contributed by atoms with Crippen LogP contribution >= 0.6 is 0 Å². The highest BCUT2D eigenvalue weighted by Gasteiger charge is 2.22.